The average molecular weight is 235 g/mol. The SMILES string of the molecule is CCCC(Cc1ncnc2ccsc12)NC. The van der Waals surface area contributed by atoms with Crippen molar-refractivity contribution in [1.29, 1.82) is 0 Å². The number of nitrogens with one attached hydrogen (secondary N) is 1. The molecule has 2 rings (SSSR count). The van der Waals surface area contributed by atoms with Crippen LogP contribution in [0.4, 0.5) is 0 Å². The molecule has 2 heterocycles. The second kappa shape index (κ2) is 5.37. The van der Waals surface area contributed by atoms with Gasteiger partial charge < -0.3 is 5.32 Å². The number of thiophene rings is 1. The Balaban J connectivity index is 2.22. The maximum absolute atomic E-state index is 4.41. The first-order chi connectivity index (χ1) is 7.85. The second-order valence-electron chi connectivity index (χ2n) is 3.93. The van der Waals surface area contributed by atoms with E-state index in [1.54, 1.807) is 17.7 Å². The molecule has 0 aliphatic heterocycles. The largest absolute Gasteiger partial charge is 0.317 e. The van der Waals surface area contributed by atoms with E-state index in [9.17, 15) is 0 Å². The van der Waals surface area contributed by atoms with Crippen molar-refractivity contribution < 1.29 is 0 Å². The van der Waals surface area contributed by atoms with Crippen molar-refractivity contribution in [2.24, 2.45) is 0 Å². The first kappa shape index (κ1) is 11.5. The fourth-order valence-corrected chi connectivity index (χ4v) is 2.76. The lowest BCUT2D eigenvalue weighted by molar-refractivity contribution is 0.510. The molecule has 2 aromatic rings. The number of likely N-dealkylation sites (N-methyl/N-ethyl adjacent to an activating group) is 1. The number of hydrogen-bond donors (Lipinski definition) is 1. The molecule has 86 valence electrons. The molecule has 2 aromatic heterocycles. The third-order valence-electron chi connectivity index (χ3n) is 2.80. The van der Waals surface area contributed by atoms with Gasteiger partial charge in [-0.2, -0.15) is 0 Å². The number of aromatic nitrogens is 2. The number of hydrogen-bond acceptors (Lipinski definition) is 4. The van der Waals surface area contributed by atoms with Gasteiger partial charge in [0.1, 0.15) is 6.33 Å². The van der Waals surface area contributed by atoms with Crippen LogP contribution in [0.25, 0.3) is 10.2 Å². The van der Waals surface area contributed by atoms with E-state index in [1.807, 2.05) is 7.05 Å². The quantitative estimate of drug-likeness (QED) is 0.865. The summed E-state index contributed by atoms with van der Waals surface area (Å²) in [5.41, 5.74) is 2.24. The minimum atomic E-state index is 0.519. The van der Waals surface area contributed by atoms with Gasteiger partial charge in [0.25, 0.3) is 0 Å². The molecule has 4 heteroatoms. The lowest BCUT2D eigenvalue weighted by Gasteiger charge is -2.14. The topological polar surface area (TPSA) is 37.8 Å². The Labute approximate surface area is 99.9 Å². The van der Waals surface area contributed by atoms with Crippen LogP contribution < -0.4 is 5.32 Å². The zero-order valence-electron chi connectivity index (χ0n) is 9.73. The Morgan fingerprint density at radius 2 is 2.31 bits per heavy atom. The molecule has 0 saturated carbocycles. The smallest absolute Gasteiger partial charge is 0.116 e. The summed E-state index contributed by atoms with van der Waals surface area (Å²) in [6.45, 7) is 2.21. The highest BCUT2D eigenvalue weighted by molar-refractivity contribution is 7.17. The van der Waals surface area contributed by atoms with E-state index in [1.165, 1.54) is 23.2 Å². The molecule has 0 saturated heterocycles. The Bertz CT molecular complexity index is 452. The fraction of sp³-hybridized carbons (Fsp3) is 0.500. The number of nitrogens with zero attached hydrogens (tertiary/aromatic N) is 2. The van der Waals surface area contributed by atoms with E-state index in [0.29, 0.717) is 6.04 Å². The first-order valence-electron chi connectivity index (χ1n) is 5.69. The van der Waals surface area contributed by atoms with Gasteiger partial charge in [-0.15, -0.1) is 11.3 Å². The van der Waals surface area contributed by atoms with Crippen molar-refractivity contribution in [3.8, 4) is 0 Å². The van der Waals surface area contributed by atoms with Crippen molar-refractivity contribution >= 4 is 21.6 Å². The maximum Gasteiger partial charge on any atom is 0.116 e. The van der Waals surface area contributed by atoms with Gasteiger partial charge in [0.15, 0.2) is 0 Å². The van der Waals surface area contributed by atoms with E-state index >= 15 is 0 Å². The highest BCUT2D eigenvalue weighted by Crippen LogP contribution is 2.22. The molecule has 0 amide bonds. The predicted molar refractivity (Wildman–Crippen MR) is 68.9 cm³/mol. The number of fused-ring (bicyclic) bond motifs is 1. The van der Waals surface area contributed by atoms with Crippen LogP contribution in [0.3, 0.4) is 0 Å². The van der Waals surface area contributed by atoms with E-state index in [-0.39, 0.29) is 0 Å². The third kappa shape index (κ3) is 2.39. The van der Waals surface area contributed by atoms with Gasteiger partial charge in [-0.25, -0.2) is 9.97 Å². The molecule has 0 aliphatic rings. The van der Waals surface area contributed by atoms with Crippen molar-refractivity contribution in [3.63, 3.8) is 0 Å². The van der Waals surface area contributed by atoms with Crippen LogP contribution in [-0.2, 0) is 6.42 Å². The van der Waals surface area contributed by atoms with Crippen molar-refractivity contribution in [2.45, 2.75) is 32.2 Å². The van der Waals surface area contributed by atoms with Gasteiger partial charge in [0.2, 0.25) is 0 Å². The first-order valence-corrected chi connectivity index (χ1v) is 6.57. The van der Waals surface area contributed by atoms with Crippen LogP contribution in [0.2, 0.25) is 0 Å². The van der Waals surface area contributed by atoms with Gasteiger partial charge in [0, 0.05) is 12.5 Å². The molecule has 0 radical (unpaired) electrons. The minimum absolute atomic E-state index is 0.519. The molecule has 3 nitrogen and oxygen atoms in total. The maximum atomic E-state index is 4.41. The second-order valence-corrected chi connectivity index (χ2v) is 4.85. The van der Waals surface area contributed by atoms with E-state index in [4.69, 9.17) is 0 Å². The average Bonchev–Trinajstić information content (AvgIpc) is 2.77. The van der Waals surface area contributed by atoms with E-state index < -0.39 is 0 Å². The van der Waals surface area contributed by atoms with Gasteiger partial charge >= 0.3 is 0 Å². The van der Waals surface area contributed by atoms with Crippen molar-refractivity contribution in [3.05, 3.63) is 23.5 Å². The van der Waals surface area contributed by atoms with Crippen molar-refractivity contribution in [2.75, 3.05) is 7.05 Å². The summed E-state index contributed by atoms with van der Waals surface area (Å²) in [6, 6.07) is 2.57. The minimum Gasteiger partial charge on any atom is -0.317 e. The van der Waals surface area contributed by atoms with Gasteiger partial charge in [-0.05, 0) is 24.9 Å². The zero-order chi connectivity index (χ0) is 11.4. The molecule has 0 bridgehead atoms. The van der Waals surface area contributed by atoms with Gasteiger partial charge in [0.05, 0.1) is 15.9 Å². The lowest BCUT2D eigenvalue weighted by atomic mass is 10.1. The summed E-state index contributed by atoms with van der Waals surface area (Å²) in [7, 11) is 2.02. The summed E-state index contributed by atoms with van der Waals surface area (Å²) in [6.07, 6.45) is 5.05. The zero-order valence-corrected chi connectivity index (χ0v) is 10.5. The molecule has 1 unspecified atom stereocenters. The van der Waals surface area contributed by atoms with E-state index in [0.717, 1.165) is 11.9 Å². The monoisotopic (exact) mass is 235 g/mol. The van der Waals surface area contributed by atoms with Crippen LogP contribution in [0.15, 0.2) is 17.8 Å². The van der Waals surface area contributed by atoms with Crippen LogP contribution in [0.1, 0.15) is 25.5 Å². The Morgan fingerprint density at radius 1 is 1.44 bits per heavy atom. The molecular weight excluding hydrogens is 218 g/mol. The van der Waals surface area contributed by atoms with Crippen LogP contribution >= 0.6 is 11.3 Å². The highest BCUT2D eigenvalue weighted by atomic mass is 32.1. The van der Waals surface area contributed by atoms with Crippen LogP contribution in [0, 0.1) is 0 Å². The molecule has 1 N–H and O–H groups in total. The van der Waals surface area contributed by atoms with Crippen molar-refractivity contribution in [1.82, 2.24) is 15.3 Å². The molecule has 0 fully saturated rings. The van der Waals surface area contributed by atoms with Gasteiger partial charge in [-0.1, -0.05) is 13.3 Å². The predicted octanol–water partition coefficient (Wildman–Crippen LogP) is 2.62. The molecule has 1 atom stereocenters. The van der Waals surface area contributed by atoms with E-state index in [2.05, 4.69) is 33.7 Å². The number of rotatable bonds is 5. The standard InChI is InChI=1S/C12H17N3S/c1-3-4-9(13-2)7-11-12-10(5-6-16-12)14-8-15-11/h5-6,8-9,13H,3-4,7H2,1-2H3. The van der Waals surface area contributed by atoms with Crippen LogP contribution in [-0.4, -0.2) is 23.1 Å². The molecular formula is C12H17N3S. The van der Waals surface area contributed by atoms with Gasteiger partial charge in [-0.3, -0.25) is 0 Å². The fourth-order valence-electron chi connectivity index (χ4n) is 1.92. The Morgan fingerprint density at radius 3 is 3.06 bits per heavy atom. The normalized spacial score (nSPS) is 13.1. The summed E-state index contributed by atoms with van der Waals surface area (Å²) in [4.78, 5) is 8.67. The Hall–Kier alpha value is -1.00. The Kier molecular flexibility index (Phi) is 3.85. The third-order valence-corrected chi connectivity index (χ3v) is 3.75. The molecule has 16 heavy (non-hydrogen) atoms. The summed E-state index contributed by atoms with van der Waals surface area (Å²) < 4.78 is 1.24. The summed E-state index contributed by atoms with van der Waals surface area (Å²) >= 11 is 1.73. The molecule has 0 aliphatic carbocycles. The summed E-state index contributed by atoms with van der Waals surface area (Å²) in [5, 5.41) is 5.43. The van der Waals surface area contributed by atoms with Crippen LogP contribution in [0.5, 0.6) is 0 Å². The molecule has 0 spiro atoms. The molecule has 0 aromatic carbocycles. The summed E-state index contributed by atoms with van der Waals surface area (Å²) in [5.74, 6) is 0. The lowest BCUT2D eigenvalue weighted by Crippen LogP contribution is -2.27. The highest BCUT2D eigenvalue weighted by Gasteiger charge is 2.11.